The molecular weight excluding hydrogens is 775 g/mol. The summed E-state index contributed by atoms with van der Waals surface area (Å²) in [6.07, 6.45) is 3.99. The molecule has 0 aliphatic rings. The van der Waals surface area contributed by atoms with Gasteiger partial charge in [-0.15, -0.1) is 11.6 Å². The Bertz CT molecular complexity index is 2440. The summed E-state index contributed by atoms with van der Waals surface area (Å²) in [7, 11) is -0.373. The van der Waals surface area contributed by atoms with Crippen molar-refractivity contribution in [2.45, 2.75) is 46.6 Å². The van der Waals surface area contributed by atoms with Crippen LogP contribution in [-0.2, 0) is 39.0 Å². The number of nitrogen functional groups attached to an aromatic ring is 3. The second kappa shape index (κ2) is 19.3. The van der Waals surface area contributed by atoms with Crippen molar-refractivity contribution in [2.24, 2.45) is 7.05 Å². The van der Waals surface area contributed by atoms with E-state index in [2.05, 4.69) is 55.3 Å². The van der Waals surface area contributed by atoms with E-state index in [1.54, 1.807) is 36.9 Å². The molecule has 20 heteroatoms. The molecule has 0 saturated carbocycles. The number of alkyl halides is 1. The van der Waals surface area contributed by atoms with E-state index in [4.69, 9.17) is 40.9 Å². The Kier molecular flexibility index (Phi) is 14.9. The number of anilines is 4. The summed E-state index contributed by atoms with van der Waals surface area (Å²) in [5.41, 5.74) is 24.0. The molecule has 6 rings (SSSR count). The molecule has 290 valence electrons. The Hall–Kier alpha value is -5.04. The number of sulfonamides is 1. The molecule has 4 aromatic heterocycles. The van der Waals surface area contributed by atoms with E-state index in [1.807, 2.05) is 35.0 Å². The van der Waals surface area contributed by atoms with Crippen LogP contribution >= 0.6 is 22.3 Å². The topological polar surface area (TPSA) is 246 Å². The molecule has 0 amide bonds. The maximum atomic E-state index is 11.6. The van der Waals surface area contributed by atoms with E-state index in [0.29, 0.717) is 48.1 Å². The highest BCUT2D eigenvalue weighted by atomic mass is 35.7. The van der Waals surface area contributed by atoms with E-state index < -0.39 is 19.1 Å². The van der Waals surface area contributed by atoms with Crippen LogP contribution in [0.15, 0.2) is 73.2 Å². The Morgan fingerprint density at radius 3 is 1.94 bits per heavy atom. The second-order valence-corrected chi connectivity index (χ2v) is 16.4. The Balaban J connectivity index is 0.000000239. The fraction of sp³-hybridized carbons (Fsp3) is 0.294. The maximum Gasteiger partial charge on any atom is 0.254 e. The summed E-state index contributed by atoms with van der Waals surface area (Å²) < 4.78 is 55.2. The first-order chi connectivity index (χ1) is 25.9. The standard InChI is InChI=1S/C15H16N6O2S.C15H18N6.C2H4Cl2O2S.C2H6/c1-3-24(22,23)20-11-6-4-5-10(7-11)8-12-13-14(16)17-9-18-15(13)21(2)19-12;1-9(2)21-15-13(14(17)18-8-19-15)12(20-21)7-10-4-3-5-11(16)6-10;3-1-2-7(4,5)6;1-2/h3-7,9,20H,1,8H2,2H3,(H2,16,17,18);3-6,8-9H,7,16H2,1-2H3,(H2,17,18,19);1-2H2;1-2H3/i;;;1D. The van der Waals surface area contributed by atoms with Crippen LogP contribution in [0.5, 0.6) is 0 Å². The third kappa shape index (κ3) is 12.0. The number of hydrogen-bond acceptors (Lipinski definition) is 13. The van der Waals surface area contributed by atoms with Crippen LogP contribution in [0.3, 0.4) is 0 Å². The van der Waals surface area contributed by atoms with Gasteiger partial charge in [0.2, 0.25) is 9.05 Å². The van der Waals surface area contributed by atoms with Gasteiger partial charge in [-0.05, 0) is 49.2 Å². The molecule has 7 N–H and O–H groups in total. The summed E-state index contributed by atoms with van der Waals surface area (Å²) in [5.74, 6) is 0.736. The van der Waals surface area contributed by atoms with Crippen LogP contribution in [-0.4, -0.2) is 68.0 Å². The van der Waals surface area contributed by atoms with E-state index in [-0.39, 0.29) is 17.7 Å². The highest BCUT2D eigenvalue weighted by Crippen LogP contribution is 2.27. The van der Waals surface area contributed by atoms with Gasteiger partial charge in [0.05, 0.1) is 27.9 Å². The molecule has 0 fully saturated rings. The monoisotopic (exact) mass is 819 g/mol. The van der Waals surface area contributed by atoms with Gasteiger partial charge in [-0.2, -0.15) is 10.2 Å². The zero-order valence-corrected chi connectivity index (χ0v) is 33.3. The molecule has 0 bridgehead atoms. The molecule has 4 heterocycles. The summed E-state index contributed by atoms with van der Waals surface area (Å²) in [5, 5.41) is 11.5. The summed E-state index contributed by atoms with van der Waals surface area (Å²) >= 11 is 5.02. The van der Waals surface area contributed by atoms with Crippen LogP contribution in [0.1, 0.15) is 57.6 Å². The highest BCUT2D eigenvalue weighted by Gasteiger charge is 2.18. The van der Waals surface area contributed by atoms with Crippen molar-refractivity contribution in [1.29, 1.82) is 0 Å². The fourth-order valence-corrected chi connectivity index (χ4v) is 6.80. The molecule has 0 spiro atoms. The Morgan fingerprint density at radius 2 is 1.43 bits per heavy atom. The average molecular weight is 821 g/mol. The number of aryl methyl sites for hydroxylation is 1. The minimum atomic E-state index is -3.55. The predicted octanol–water partition coefficient (Wildman–Crippen LogP) is 5.40. The van der Waals surface area contributed by atoms with Crippen molar-refractivity contribution in [1.82, 2.24) is 39.5 Å². The smallest absolute Gasteiger partial charge is 0.254 e. The number of nitrogens with zero attached hydrogens (tertiary/aromatic N) is 8. The molecule has 2 aromatic carbocycles. The van der Waals surface area contributed by atoms with E-state index >= 15 is 0 Å². The van der Waals surface area contributed by atoms with Crippen LogP contribution in [0, 0.1) is 0 Å². The number of benzene rings is 2. The number of hydrogen-bond donors (Lipinski definition) is 4. The predicted molar refractivity (Wildman–Crippen MR) is 218 cm³/mol. The van der Waals surface area contributed by atoms with E-state index in [1.165, 1.54) is 12.7 Å². The van der Waals surface area contributed by atoms with Gasteiger partial charge in [-0.1, -0.05) is 44.7 Å². The van der Waals surface area contributed by atoms with Gasteiger partial charge in [-0.25, -0.2) is 41.5 Å². The molecule has 0 aliphatic carbocycles. The van der Waals surface area contributed by atoms with Crippen molar-refractivity contribution < 1.29 is 18.2 Å². The van der Waals surface area contributed by atoms with Crippen molar-refractivity contribution in [3.63, 3.8) is 0 Å². The second-order valence-electron chi connectivity index (χ2n) is 11.5. The molecular formula is C34H44Cl2N12O4S2. The van der Waals surface area contributed by atoms with E-state index in [0.717, 1.165) is 44.6 Å². The lowest BCUT2D eigenvalue weighted by Gasteiger charge is -2.06. The fourth-order valence-electron chi connectivity index (χ4n) is 5.00. The van der Waals surface area contributed by atoms with Gasteiger partial charge in [0.25, 0.3) is 10.0 Å². The molecule has 6 aromatic rings. The molecule has 0 radical (unpaired) electrons. The van der Waals surface area contributed by atoms with Gasteiger partial charge >= 0.3 is 0 Å². The first-order valence-corrected chi connectivity index (χ1v) is 20.7. The van der Waals surface area contributed by atoms with Crippen LogP contribution in [0.25, 0.3) is 22.1 Å². The van der Waals surface area contributed by atoms with Crippen molar-refractivity contribution in [2.75, 3.05) is 33.6 Å². The van der Waals surface area contributed by atoms with E-state index in [9.17, 15) is 16.8 Å². The zero-order valence-electron chi connectivity index (χ0n) is 31.2. The first-order valence-electron chi connectivity index (χ1n) is 16.9. The summed E-state index contributed by atoms with van der Waals surface area (Å²) in [4.78, 5) is 16.6. The highest BCUT2D eigenvalue weighted by molar-refractivity contribution is 8.13. The van der Waals surface area contributed by atoms with Gasteiger partial charge < -0.3 is 17.2 Å². The SMILES string of the molecule is C=CS(=O)(=O)Nc1cccc(Cc2nn(C)c3ncnc(N)c23)c1.CC(C)n1nc(Cc2cccc(N)c2)c2c(N)ncnc21.O=S(=O)(Cl)CCCl.[2H]CC. The van der Waals surface area contributed by atoms with Crippen molar-refractivity contribution >= 4 is 86.4 Å². The van der Waals surface area contributed by atoms with Gasteiger partial charge in [-0.3, -0.25) is 9.40 Å². The minimum absolute atomic E-state index is 0.0613. The number of rotatable bonds is 10. The quantitative estimate of drug-likeness (QED) is 0.0769. The zero-order chi connectivity index (χ0) is 40.9. The molecule has 54 heavy (non-hydrogen) atoms. The number of fused-ring (bicyclic) bond motifs is 2. The van der Waals surface area contributed by atoms with Crippen LogP contribution in [0.4, 0.5) is 23.0 Å². The largest absolute Gasteiger partial charge is 0.399 e. The van der Waals surface area contributed by atoms with Crippen LogP contribution in [0.2, 0.25) is 0 Å². The maximum absolute atomic E-state index is 11.6. The first kappa shape index (κ1) is 41.7. The number of nitrogens with one attached hydrogen (secondary N) is 1. The number of nitrogens with two attached hydrogens (primary N) is 3. The number of aromatic nitrogens is 8. The third-order valence-electron chi connectivity index (χ3n) is 7.22. The molecule has 0 saturated heterocycles. The lowest BCUT2D eigenvalue weighted by atomic mass is 10.1. The average Bonchev–Trinajstić information content (AvgIpc) is 3.63. The van der Waals surface area contributed by atoms with Crippen LogP contribution < -0.4 is 21.9 Å². The lowest BCUT2D eigenvalue weighted by molar-refractivity contribution is 0.541. The van der Waals surface area contributed by atoms with Gasteiger partial charge in [0.1, 0.15) is 24.3 Å². The molecule has 0 atom stereocenters. The number of halogens is 2. The minimum Gasteiger partial charge on any atom is -0.399 e. The molecule has 16 nitrogen and oxygen atoms in total. The van der Waals surface area contributed by atoms with Gasteiger partial charge in [0, 0.05) is 60.6 Å². The van der Waals surface area contributed by atoms with Crippen molar-refractivity contribution in [3.8, 4) is 0 Å². The lowest BCUT2D eigenvalue weighted by Crippen LogP contribution is -2.08. The summed E-state index contributed by atoms with van der Waals surface area (Å²) in [6, 6.07) is 15.0. The molecule has 0 unspecified atom stereocenters. The Labute approximate surface area is 325 Å². The normalized spacial score (nSPS) is 11.4. The van der Waals surface area contributed by atoms with Gasteiger partial charge in [0.15, 0.2) is 11.3 Å². The third-order valence-corrected chi connectivity index (χ3v) is 9.75. The van der Waals surface area contributed by atoms with Crippen molar-refractivity contribution in [3.05, 3.63) is 95.7 Å². The summed E-state index contributed by atoms with van der Waals surface area (Å²) in [6.45, 7) is 9.69. The Morgan fingerprint density at radius 1 is 0.889 bits per heavy atom. The molecule has 0 aliphatic heterocycles.